The van der Waals surface area contributed by atoms with E-state index in [1.807, 2.05) is 0 Å². The third-order valence-electron chi connectivity index (χ3n) is 2.76. The first kappa shape index (κ1) is 12.9. The summed E-state index contributed by atoms with van der Waals surface area (Å²) in [5.41, 5.74) is 1.01. The number of fused-ring (bicyclic) bond motifs is 1. The fourth-order valence-corrected chi connectivity index (χ4v) is 2.02. The summed E-state index contributed by atoms with van der Waals surface area (Å²) < 4.78 is 23.2. The normalized spacial score (nSPS) is 15.7. The lowest BCUT2D eigenvalue weighted by Crippen LogP contribution is -2.28. The Kier molecular flexibility index (Phi) is 3.56. The molecule has 1 heterocycles. The summed E-state index contributed by atoms with van der Waals surface area (Å²) in [6.07, 6.45) is -0.429. The molecule has 1 aliphatic heterocycles. The Balaban J connectivity index is 2.50. The number of carbonyl (C=O) groups is 1. The molecular formula is C12H14BFO4. The molecule has 0 bridgehead atoms. The molecule has 0 aliphatic carbocycles. The molecule has 0 saturated carbocycles. The van der Waals surface area contributed by atoms with Gasteiger partial charge >= 0.3 is 7.12 Å². The average Bonchev–Trinajstić information content (AvgIpc) is 2.26. The van der Waals surface area contributed by atoms with Gasteiger partial charge in [0, 0.05) is 6.92 Å². The molecule has 2 rings (SSSR count). The highest BCUT2D eigenvalue weighted by Crippen LogP contribution is 2.37. The van der Waals surface area contributed by atoms with Crippen molar-refractivity contribution in [2.45, 2.75) is 32.9 Å². The summed E-state index contributed by atoms with van der Waals surface area (Å²) in [6, 6.07) is 3.29. The minimum Gasteiger partial charge on any atom is -0.535 e. The van der Waals surface area contributed by atoms with E-state index in [0.29, 0.717) is 18.5 Å². The quantitative estimate of drug-likeness (QED) is 0.660. The number of ketones is 1. The average molecular weight is 252 g/mol. The Labute approximate surface area is 105 Å². The Morgan fingerprint density at radius 3 is 2.94 bits per heavy atom. The SMILES string of the molecule is CC(=O)c1c(OC(C)F)ccc2c1OB(O)CC2. The Hall–Kier alpha value is -1.56. The summed E-state index contributed by atoms with van der Waals surface area (Å²) in [7, 11) is -0.936. The van der Waals surface area contributed by atoms with Crippen molar-refractivity contribution < 1.29 is 23.6 Å². The Morgan fingerprint density at radius 2 is 2.33 bits per heavy atom. The third-order valence-corrected chi connectivity index (χ3v) is 2.76. The lowest BCUT2D eigenvalue weighted by molar-refractivity contribution is 0.0825. The van der Waals surface area contributed by atoms with Gasteiger partial charge in [-0.1, -0.05) is 6.07 Å². The topological polar surface area (TPSA) is 55.8 Å². The molecule has 1 aliphatic rings. The van der Waals surface area contributed by atoms with Crippen LogP contribution in [0.3, 0.4) is 0 Å². The zero-order valence-electron chi connectivity index (χ0n) is 10.3. The highest BCUT2D eigenvalue weighted by atomic mass is 19.1. The van der Waals surface area contributed by atoms with Crippen LogP contribution < -0.4 is 9.39 Å². The second kappa shape index (κ2) is 4.98. The van der Waals surface area contributed by atoms with Gasteiger partial charge < -0.3 is 14.4 Å². The van der Waals surface area contributed by atoms with E-state index in [9.17, 15) is 14.2 Å². The predicted molar refractivity (Wildman–Crippen MR) is 64.8 cm³/mol. The predicted octanol–water partition coefficient (Wildman–Crippen LogP) is 2.00. The van der Waals surface area contributed by atoms with Crippen LogP contribution in [0.25, 0.3) is 0 Å². The molecule has 1 aromatic carbocycles. The molecule has 6 heteroatoms. The molecule has 0 spiro atoms. The minimum atomic E-state index is -1.52. The van der Waals surface area contributed by atoms with Crippen LogP contribution in [0.1, 0.15) is 29.8 Å². The maximum Gasteiger partial charge on any atom is 0.522 e. The number of ether oxygens (including phenoxy) is 1. The van der Waals surface area contributed by atoms with Crippen LogP contribution in [-0.2, 0) is 6.42 Å². The lowest BCUT2D eigenvalue weighted by atomic mass is 9.78. The summed E-state index contributed by atoms with van der Waals surface area (Å²) in [6.45, 7) is 2.59. The largest absolute Gasteiger partial charge is 0.535 e. The highest BCUT2D eigenvalue weighted by Gasteiger charge is 2.29. The van der Waals surface area contributed by atoms with Crippen molar-refractivity contribution in [2.24, 2.45) is 0 Å². The second-order valence-corrected chi connectivity index (χ2v) is 4.26. The molecule has 1 unspecified atom stereocenters. The number of carbonyl (C=O) groups excluding carboxylic acids is 1. The van der Waals surface area contributed by atoms with Gasteiger partial charge in [-0.25, -0.2) is 4.39 Å². The van der Waals surface area contributed by atoms with Gasteiger partial charge in [-0.2, -0.15) is 0 Å². The van der Waals surface area contributed by atoms with Crippen molar-refractivity contribution in [3.63, 3.8) is 0 Å². The van der Waals surface area contributed by atoms with Crippen LogP contribution in [0, 0.1) is 0 Å². The van der Waals surface area contributed by atoms with E-state index in [1.54, 1.807) is 12.1 Å². The van der Waals surface area contributed by atoms with E-state index in [2.05, 4.69) is 0 Å². The van der Waals surface area contributed by atoms with Crippen LogP contribution in [0.2, 0.25) is 6.32 Å². The molecule has 0 saturated heterocycles. The van der Waals surface area contributed by atoms with Crippen molar-refractivity contribution in [3.05, 3.63) is 23.3 Å². The monoisotopic (exact) mass is 252 g/mol. The van der Waals surface area contributed by atoms with Gasteiger partial charge in [0.05, 0.1) is 5.56 Å². The van der Waals surface area contributed by atoms with Crippen molar-refractivity contribution in [1.29, 1.82) is 0 Å². The molecule has 96 valence electrons. The number of hydrogen-bond acceptors (Lipinski definition) is 4. The standard InChI is InChI=1S/C12H14BFO4/c1-7(15)11-10(17-8(2)14)4-3-9-5-6-13(16)18-12(9)11/h3-4,8,16H,5-6H2,1-2H3. The number of alkyl halides is 1. The van der Waals surface area contributed by atoms with Gasteiger partial charge in [-0.05, 0) is 31.3 Å². The number of halogens is 1. The molecule has 0 amide bonds. The summed E-state index contributed by atoms with van der Waals surface area (Å²) >= 11 is 0. The number of Topliss-reactive ketones (excluding diaryl/α,β-unsaturated/α-hetero) is 1. The number of rotatable bonds is 3. The summed E-state index contributed by atoms with van der Waals surface area (Å²) in [4.78, 5) is 11.7. The van der Waals surface area contributed by atoms with E-state index in [0.717, 1.165) is 5.56 Å². The molecule has 0 fully saturated rings. The van der Waals surface area contributed by atoms with Crippen molar-refractivity contribution in [2.75, 3.05) is 0 Å². The van der Waals surface area contributed by atoms with Crippen LogP contribution in [-0.4, -0.2) is 24.3 Å². The van der Waals surface area contributed by atoms with Gasteiger partial charge in [0.1, 0.15) is 11.5 Å². The first-order valence-corrected chi connectivity index (χ1v) is 5.81. The van der Waals surface area contributed by atoms with Crippen molar-refractivity contribution in [3.8, 4) is 11.5 Å². The van der Waals surface area contributed by atoms with Gasteiger partial charge in [0.2, 0.25) is 6.36 Å². The molecule has 0 radical (unpaired) electrons. The van der Waals surface area contributed by atoms with Gasteiger partial charge in [0.25, 0.3) is 0 Å². The van der Waals surface area contributed by atoms with E-state index in [1.165, 1.54) is 13.8 Å². The van der Waals surface area contributed by atoms with Crippen LogP contribution in [0.15, 0.2) is 12.1 Å². The number of benzene rings is 1. The first-order chi connectivity index (χ1) is 8.49. The van der Waals surface area contributed by atoms with E-state index < -0.39 is 13.5 Å². The maximum absolute atomic E-state index is 12.9. The summed E-state index contributed by atoms with van der Waals surface area (Å²) in [5, 5.41) is 9.49. The molecule has 0 aromatic heterocycles. The second-order valence-electron chi connectivity index (χ2n) is 4.26. The van der Waals surface area contributed by atoms with Crippen LogP contribution in [0.4, 0.5) is 4.39 Å². The smallest absolute Gasteiger partial charge is 0.522 e. The Bertz CT molecular complexity index is 475. The zero-order chi connectivity index (χ0) is 13.3. The van der Waals surface area contributed by atoms with E-state index in [-0.39, 0.29) is 17.1 Å². The van der Waals surface area contributed by atoms with Crippen LogP contribution in [0.5, 0.6) is 11.5 Å². The molecule has 4 nitrogen and oxygen atoms in total. The van der Waals surface area contributed by atoms with Gasteiger partial charge in [-0.3, -0.25) is 4.79 Å². The first-order valence-electron chi connectivity index (χ1n) is 5.81. The molecular weight excluding hydrogens is 238 g/mol. The van der Waals surface area contributed by atoms with E-state index in [4.69, 9.17) is 9.39 Å². The molecule has 1 aromatic rings. The fourth-order valence-electron chi connectivity index (χ4n) is 2.02. The number of hydrogen-bond donors (Lipinski definition) is 1. The van der Waals surface area contributed by atoms with Crippen molar-refractivity contribution in [1.82, 2.24) is 0 Å². The van der Waals surface area contributed by atoms with Crippen LogP contribution >= 0.6 is 0 Å². The van der Waals surface area contributed by atoms with Gasteiger partial charge in [0.15, 0.2) is 5.78 Å². The minimum absolute atomic E-state index is 0.144. The number of aryl methyl sites for hydroxylation is 1. The van der Waals surface area contributed by atoms with Gasteiger partial charge in [-0.15, -0.1) is 0 Å². The fraction of sp³-hybridized carbons (Fsp3) is 0.417. The Morgan fingerprint density at radius 1 is 1.61 bits per heavy atom. The molecule has 1 N–H and O–H groups in total. The third kappa shape index (κ3) is 2.48. The molecule has 18 heavy (non-hydrogen) atoms. The maximum atomic E-state index is 12.9. The molecule has 1 atom stereocenters. The zero-order valence-corrected chi connectivity index (χ0v) is 10.3. The summed E-state index contributed by atoms with van der Waals surface area (Å²) in [5.74, 6) is 0.168. The lowest BCUT2D eigenvalue weighted by Gasteiger charge is -2.23. The van der Waals surface area contributed by atoms with Crippen molar-refractivity contribution >= 4 is 12.9 Å². The highest BCUT2D eigenvalue weighted by molar-refractivity contribution is 6.44. The van der Waals surface area contributed by atoms with E-state index >= 15 is 0 Å².